The van der Waals surface area contributed by atoms with Crippen LogP contribution in [0, 0.1) is 0 Å². The average Bonchev–Trinajstić information content (AvgIpc) is 2.78. The number of carboxylic acids is 1. The summed E-state index contributed by atoms with van der Waals surface area (Å²) in [6.07, 6.45) is 0. The molecule has 94 valence electrons. The maximum atomic E-state index is 11.8. The highest BCUT2D eigenvalue weighted by Gasteiger charge is 2.17. The number of carboxylic acid groups (broad SMARTS) is 1. The Hall–Kier alpha value is -1.88. The van der Waals surface area contributed by atoms with E-state index >= 15 is 0 Å². The highest BCUT2D eigenvalue weighted by atomic mass is 32.1. The van der Waals surface area contributed by atoms with Crippen molar-refractivity contribution in [3.63, 3.8) is 0 Å². The molecule has 1 atom stereocenters. The van der Waals surface area contributed by atoms with Crippen molar-refractivity contribution in [1.29, 1.82) is 0 Å². The SMILES string of the molecule is CC(C(=O)NCC(=O)O)c1cc2ccccc2s1. The molecule has 0 radical (unpaired) electrons. The Bertz CT molecular complexity index is 558. The molecule has 1 heterocycles. The summed E-state index contributed by atoms with van der Waals surface area (Å²) in [5.41, 5.74) is 0. The smallest absolute Gasteiger partial charge is 0.322 e. The van der Waals surface area contributed by atoms with Crippen LogP contribution in [-0.2, 0) is 9.59 Å². The minimum Gasteiger partial charge on any atom is -0.480 e. The second-order valence-electron chi connectivity index (χ2n) is 4.02. The number of fused-ring (bicyclic) bond motifs is 1. The van der Waals surface area contributed by atoms with E-state index in [1.165, 1.54) is 0 Å². The van der Waals surface area contributed by atoms with Gasteiger partial charge in [-0.25, -0.2) is 0 Å². The first kappa shape index (κ1) is 12.6. The number of aliphatic carboxylic acids is 1. The van der Waals surface area contributed by atoms with Gasteiger partial charge in [-0.3, -0.25) is 9.59 Å². The van der Waals surface area contributed by atoms with Gasteiger partial charge in [0.15, 0.2) is 0 Å². The van der Waals surface area contributed by atoms with Gasteiger partial charge in [0.2, 0.25) is 5.91 Å². The topological polar surface area (TPSA) is 66.4 Å². The second-order valence-corrected chi connectivity index (χ2v) is 5.14. The minimum absolute atomic E-state index is 0.260. The molecule has 1 amide bonds. The van der Waals surface area contributed by atoms with Crippen LogP contribution in [-0.4, -0.2) is 23.5 Å². The highest BCUT2D eigenvalue weighted by Crippen LogP contribution is 2.30. The number of thiophene rings is 1. The van der Waals surface area contributed by atoms with Crippen LogP contribution in [0.4, 0.5) is 0 Å². The second kappa shape index (κ2) is 5.18. The van der Waals surface area contributed by atoms with Crippen LogP contribution in [0.15, 0.2) is 30.3 Å². The molecule has 0 bridgehead atoms. The Morgan fingerprint density at radius 1 is 1.39 bits per heavy atom. The summed E-state index contributed by atoms with van der Waals surface area (Å²) >= 11 is 1.56. The van der Waals surface area contributed by atoms with E-state index in [2.05, 4.69) is 5.32 Å². The molecular formula is C13H13NO3S. The molecule has 1 unspecified atom stereocenters. The molecule has 0 fully saturated rings. The van der Waals surface area contributed by atoms with Crippen LogP contribution in [0.3, 0.4) is 0 Å². The predicted molar refractivity (Wildman–Crippen MR) is 70.9 cm³/mol. The van der Waals surface area contributed by atoms with Crippen LogP contribution in [0.25, 0.3) is 10.1 Å². The monoisotopic (exact) mass is 263 g/mol. The molecule has 2 rings (SSSR count). The number of benzene rings is 1. The van der Waals surface area contributed by atoms with E-state index in [0.717, 1.165) is 15.0 Å². The van der Waals surface area contributed by atoms with Crippen LogP contribution in [0.5, 0.6) is 0 Å². The van der Waals surface area contributed by atoms with Gasteiger partial charge in [0.25, 0.3) is 0 Å². The summed E-state index contributed by atoms with van der Waals surface area (Å²) in [5.74, 6) is -1.63. The summed E-state index contributed by atoms with van der Waals surface area (Å²) in [5, 5.41) is 12.0. The zero-order valence-electron chi connectivity index (χ0n) is 9.84. The molecule has 0 saturated carbocycles. The first-order valence-electron chi connectivity index (χ1n) is 5.56. The Morgan fingerprint density at radius 2 is 2.11 bits per heavy atom. The van der Waals surface area contributed by atoms with Gasteiger partial charge in [-0.2, -0.15) is 0 Å². The molecule has 0 aliphatic carbocycles. The third kappa shape index (κ3) is 2.68. The van der Waals surface area contributed by atoms with E-state index in [-0.39, 0.29) is 18.4 Å². The van der Waals surface area contributed by atoms with Crippen molar-refractivity contribution in [3.05, 3.63) is 35.2 Å². The quantitative estimate of drug-likeness (QED) is 0.888. The number of hydrogen-bond donors (Lipinski definition) is 2. The molecule has 2 aromatic rings. The third-order valence-electron chi connectivity index (χ3n) is 2.68. The Labute approximate surface area is 108 Å². The van der Waals surface area contributed by atoms with Crippen molar-refractivity contribution in [2.45, 2.75) is 12.8 Å². The van der Waals surface area contributed by atoms with Crippen LogP contribution in [0.2, 0.25) is 0 Å². The van der Waals surface area contributed by atoms with Crippen molar-refractivity contribution in [2.24, 2.45) is 0 Å². The molecule has 2 N–H and O–H groups in total. The number of carbonyl (C=O) groups is 2. The van der Waals surface area contributed by atoms with E-state index < -0.39 is 5.97 Å². The summed E-state index contributed by atoms with van der Waals surface area (Å²) in [6.45, 7) is 1.44. The summed E-state index contributed by atoms with van der Waals surface area (Å²) < 4.78 is 1.13. The normalized spacial score (nSPS) is 12.3. The van der Waals surface area contributed by atoms with Gasteiger partial charge >= 0.3 is 5.97 Å². The minimum atomic E-state index is -1.04. The summed E-state index contributed by atoms with van der Waals surface area (Å²) in [4.78, 5) is 23.1. The number of carbonyl (C=O) groups excluding carboxylic acids is 1. The fraction of sp³-hybridized carbons (Fsp3) is 0.231. The molecule has 18 heavy (non-hydrogen) atoms. The largest absolute Gasteiger partial charge is 0.480 e. The lowest BCUT2D eigenvalue weighted by molar-refractivity contribution is -0.138. The molecule has 1 aromatic heterocycles. The van der Waals surface area contributed by atoms with Crippen LogP contribution >= 0.6 is 11.3 Å². The van der Waals surface area contributed by atoms with E-state index in [9.17, 15) is 9.59 Å². The predicted octanol–water partition coefficient (Wildman–Crippen LogP) is 2.21. The first-order valence-corrected chi connectivity index (χ1v) is 6.37. The van der Waals surface area contributed by atoms with Gasteiger partial charge in [-0.05, 0) is 24.4 Å². The lowest BCUT2D eigenvalue weighted by Gasteiger charge is -2.08. The Morgan fingerprint density at radius 3 is 2.78 bits per heavy atom. The van der Waals surface area contributed by atoms with E-state index in [1.54, 1.807) is 18.3 Å². The molecule has 5 heteroatoms. The Balaban J connectivity index is 2.15. The van der Waals surface area contributed by atoms with Gasteiger partial charge in [-0.15, -0.1) is 11.3 Å². The lowest BCUT2D eigenvalue weighted by atomic mass is 10.1. The van der Waals surface area contributed by atoms with Crippen molar-refractivity contribution < 1.29 is 14.7 Å². The molecule has 0 aliphatic heterocycles. The van der Waals surface area contributed by atoms with Crippen molar-refractivity contribution in [1.82, 2.24) is 5.32 Å². The van der Waals surface area contributed by atoms with Gasteiger partial charge in [0.05, 0.1) is 5.92 Å². The molecule has 1 aromatic carbocycles. The zero-order valence-corrected chi connectivity index (χ0v) is 10.7. The fourth-order valence-electron chi connectivity index (χ4n) is 1.66. The number of rotatable bonds is 4. The highest BCUT2D eigenvalue weighted by molar-refractivity contribution is 7.19. The van der Waals surface area contributed by atoms with Crippen molar-refractivity contribution in [2.75, 3.05) is 6.54 Å². The Kier molecular flexibility index (Phi) is 3.62. The lowest BCUT2D eigenvalue weighted by Crippen LogP contribution is -2.32. The van der Waals surface area contributed by atoms with Crippen molar-refractivity contribution in [3.8, 4) is 0 Å². The summed E-state index contributed by atoms with van der Waals surface area (Å²) in [7, 11) is 0. The van der Waals surface area contributed by atoms with Gasteiger partial charge in [0, 0.05) is 9.58 Å². The summed E-state index contributed by atoms with van der Waals surface area (Å²) in [6, 6.07) is 9.89. The average molecular weight is 263 g/mol. The maximum absolute atomic E-state index is 11.8. The number of amides is 1. The fourth-order valence-corrected chi connectivity index (χ4v) is 2.78. The molecule has 0 spiro atoms. The maximum Gasteiger partial charge on any atom is 0.322 e. The van der Waals surface area contributed by atoms with Gasteiger partial charge in [-0.1, -0.05) is 18.2 Å². The number of hydrogen-bond acceptors (Lipinski definition) is 3. The number of nitrogens with one attached hydrogen (secondary N) is 1. The van der Waals surface area contributed by atoms with Crippen LogP contribution in [0.1, 0.15) is 17.7 Å². The van der Waals surface area contributed by atoms with E-state index in [1.807, 2.05) is 30.3 Å². The third-order valence-corrected chi connectivity index (χ3v) is 3.98. The van der Waals surface area contributed by atoms with Crippen LogP contribution < -0.4 is 5.32 Å². The van der Waals surface area contributed by atoms with Crippen molar-refractivity contribution >= 4 is 33.3 Å². The molecule has 0 aliphatic rings. The molecule has 4 nitrogen and oxygen atoms in total. The molecular weight excluding hydrogens is 250 g/mol. The first-order chi connectivity index (χ1) is 8.58. The van der Waals surface area contributed by atoms with E-state index in [0.29, 0.717) is 0 Å². The molecule has 0 saturated heterocycles. The van der Waals surface area contributed by atoms with Gasteiger partial charge < -0.3 is 10.4 Å². The van der Waals surface area contributed by atoms with E-state index in [4.69, 9.17) is 5.11 Å². The zero-order chi connectivity index (χ0) is 13.1. The standard InChI is InChI=1S/C13H13NO3S/c1-8(13(17)14-7-12(15)16)11-6-9-4-2-3-5-10(9)18-11/h2-6,8H,7H2,1H3,(H,14,17)(H,15,16). The van der Waals surface area contributed by atoms with Gasteiger partial charge in [0.1, 0.15) is 6.54 Å².